The summed E-state index contributed by atoms with van der Waals surface area (Å²) in [5, 5.41) is 7.82. The zero-order valence-corrected chi connectivity index (χ0v) is 12.8. The number of hydrogen-bond donors (Lipinski definition) is 1. The first-order valence-corrected chi connectivity index (χ1v) is 7.32. The fourth-order valence-electron chi connectivity index (χ4n) is 2.54. The topological polar surface area (TPSA) is 45.5 Å². The first kappa shape index (κ1) is 12.9. The Morgan fingerprint density at radius 2 is 2.21 bits per heavy atom. The number of rotatable bonds is 4. The summed E-state index contributed by atoms with van der Waals surface area (Å²) in [7, 11) is 4.30. The van der Waals surface area contributed by atoms with Gasteiger partial charge in [0.1, 0.15) is 0 Å². The average Bonchev–Trinajstić information content (AvgIpc) is 2.68. The standard InChI is InChI=1S/C13H18BrN5/c1-18(2)13(6-3-7-13)9-15-12-16-11-5-4-10(14)8-19(11)17-12/h4-5,8H,3,6-7,9H2,1-2H3,(H,15,17). The van der Waals surface area contributed by atoms with Gasteiger partial charge in [0, 0.05) is 22.8 Å². The zero-order chi connectivity index (χ0) is 13.5. The second-order valence-electron chi connectivity index (χ2n) is 5.41. The third-order valence-electron chi connectivity index (χ3n) is 4.10. The SMILES string of the molecule is CN(C)C1(CNc2nc3ccc(Br)cn3n2)CCC1. The summed E-state index contributed by atoms with van der Waals surface area (Å²) >= 11 is 3.44. The van der Waals surface area contributed by atoms with Crippen LogP contribution in [0.1, 0.15) is 19.3 Å². The van der Waals surface area contributed by atoms with Crippen LogP contribution in [0, 0.1) is 0 Å². The highest BCUT2D eigenvalue weighted by Gasteiger charge is 2.38. The summed E-state index contributed by atoms with van der Waals surface area (Å²) < 4.78 is 2.79. The molecule has 1 aliphatic rings. The van der Waals surface area contributed by atoms with Crippen molar-refractivity contribution >= 4 is 27.5 Å². The Kier molecular flexibility index (Phi) is 3.22. The van der Waals surface area contributed by atoms with Gasteiger partial charge in [0.25, 0.3) is 0 Å². The van der Waals surface area contributed by atoms with E-state index in [1.165, 1.54) is 19.3 Å². The van der Waals surface area contributed by atoms with Crippen LogP contribution in [-0.4, -0.2) is 45.7 Å². The molecule has 1 aliphatic carbocycles. The number of likely N-dealkylation sites (N-methyl/N-ethyl adjacent to an activating group) is 1. The number of nitrogens with zero attached hydrogens (tertiary/aromatic N) is 4. The van der Waals surface area contributed by atoms with E-state index in [0.29, 0.717) is 5.95 Å². The molecule has 2 aromatic heterocycles. The predicted octanol–water partition coefficient (Wildman–Crippen LogP) is 2.39. The third kappa shape index (κ3) is 2.34. The number of pyridine rings is 1. The van der Waals surface area contributed by atoms with Crippen LogP contribution in [0.3, 0.4) is 0 Å². The first-order valence-electron chi connectivity index (χ1n) is 6.52. The Balaban J connectivity index is 1.75. The highest BCUT2D eigenvalue weighted by Crippen LogP contribution is 2.36. The Labute approximate surface area is 121 Å². The molecule has 0 radical (unpaired) electrons. The molecule has 5 nitrogen and oxygen atoms in total. The Morgan fingerprint density at radius 3 is 2.84 bits per heavy atom. The van der Waals surface area contributed by atoms with Gasteiger partial charge in [-0.05, 0) is 61.4 Å². The average molecular weight is 324 g/mol. The molecule has 1 fully saturated rings. The molecule has 0 bridgehead atoms. The van der Waals surface area contributed by atoms with E-state index in [1.807, 2.05) is 18.3 Å². The fraction of sp³-hybridized carbons (Fsp3) is 0.538. The second kappa shape index (κ2) is 4.76. The molecule has 0 unspecified atom stereocenters. The lowest BCUT2D eigenvalue weighted by Crippen LogP contribution is -2.54. The van der Waals surface area contributed by atoms with Gasteiger partial charge < -0.3 is 10.2 Å². The minimum absolute atomic E-state index is 0.276. The van der Waals surface area contributed by atoms with E-state index in [-0.39, 0.29) is 5.54 Å². The second-order valence-corrected chi connectivity index (χ2v) is 6.33. The molecule has 1 saturated carbocycles. The fourth-order valence-corrected chi connectivity index (χ4v) is 2.87. The first-order chi connectivity index (χ1) is 9.09. The lowest BCUT2D eigenvalue weighted by molar-refractivity contribution is 0.0737. The van der Waals surface area contributed by atoms with E-state index >= 15 is 0 Å². The van der Waals surface area contributed by atoms with Crippen LogP contribution < -0.4 is 5.32 Å². The number of anilines is 1. The highest BCUT2D eigenvalue weighted by atomic mass is 79.9. The Bertz CT molecular complexity index is 588. The minimum Gasteiger partial charge on any atom is -0.351 e. The number of fused-ring (bicyclic) bond motifs is 1. The molecule has 102 valence electrons. The summed E-state index contributed by atoms with van der Waals surface area (Å²) in [6, 6.07) is 3.92. The molecule has 1 N–H and O–H groups in total. The van der Waals surface area contributed by atoms with E-state index in [1.54, 1.807) is 4.52 Å². The van der Waals surface area contributed by atoms with E-state index < -0.39 is 0 Å². The van der Waals surface area contributed by atoms with Gasteiger partial charge in [-0.1, -0.05) is 0 Å². The van der Waals surface area contributed by atoms with Gasteiger partial charge in [0.05, 0.1) is 0 Å². The van der Waals surface area contributed by atoms with Crippen LogP contribution in [0.2, 0.25) is 0 Å². The van der Waals surface area contributed by atoms with Crippen molar-refractivity contribution in [3.05, 3.63) is 22.8 Å². The van der Waals surface area contributed by atoms with Crippen LogP contribution in [0.5, 0.6) is 0 Å². The molecule has 0 aliphatic heterocycles. The number of halogens is 1. The largest absolute Gasteiger partial charge is 0.351 e. The van der Waals surface area contributed by atoms with Crippen LogP contribution >= 0.6 is 15.9 Å². The van der Waals surface area contributed by atoms with Crippen molar-refractivity contribution in [2.75, 3.05) is 26.0 Å². The highest BCUT2D eigenvalue weighted by molar-refractivity contribution is 9.10. The van der Waals surface area contributed by atoms with Crippen LogP contribution in [-0.2, 0) is 0 Å². The van der Waals surface area contributed by atoms with Crippen LogP contribution in [0.4, 0.5) is 5.95 Å². The normalized spacial score (nSPS) is 17.7. The zero-order valence-electron chi connectivity index (χ0n) is 11.2. The van der Waals surface area contributed by atoms with Gasteiger partial charge in [0.2, 0.25) is 5.95 Å². The molecule has 0 amide bonds. The van der Waals surface area contributed by atoms with Crippen LogP contribution in [0.15, 0.2) is 22.8 Å². The molecular formula is C13H18BrN5. The van der Waals surface area contributed by atoms with E-state index in [0.717, 1.165) is 16.7 Å². The van der Waals surface area contributed by atoms with Crippen molar-refractivity contribution in [1.82, 2.24) is 19.5 Å². The Hall–Kier alpha value is -1.14. The van der Waals surface area contributed by atoms with E-state index in [2.05, 4.69) is 50.3 Å². The summed E-state index contributed by atoms with van der Waals surface area (Å²) in [6.07, 6.45) is 5.71. The third-order valence-corrected chi connectivity index (χ3v) is 4.57. The molecule has 19 heavy (non-hydrogen) atoms. The number of nitrogens with one attached hydrogen (secondary N) is 1. The van der Waals surface area contributed by atoms with E-state index in [4.69, 9.17) is 0 Å². The molecule has 6 heteroatoms. The van der Waals surface area contributed by atoms with Crippen molar-refractivity contribution in [2.45, 2.75) is 24.8 Å². The van der Waals surface area contributed by atoms with Crippen molar-refractivity contribution in [3.63, 3.8) is 0 Å². The minimum atomic E-state index is 0.276. The van der Waals surface area contributed by atoms with Gasteiger partial charge in [0.15, 0.2) is 5.65 Å². The van der Waals surface area contributed by atoms with Crippen molar-refractivity contribution in [1.29, 1.82) is 0 Å². The molecule has 0 aromatic carbocycles. The maximum atomic E-state index is 4.48. The summed E-state index contributed by atoms with van der Waals surface area (Å²) in [5.41, 5.74) is 1.14. The monoisotopic (exact) mass is 323 g/mol. The summed E-state index contributed by atoms with van der Waals surface area (Å²) in [5.74, 6) is 0.700. The molecule has 0 saturated heterocycles. The van der Waals surface area contributed by atoms with Gasteiger partial charge in [-0.2, -0.15) is 4.98 Å². The molecule has 0 spiro atoms. The predicted molar refractivity (Wildman–Crippen MR) is 79.4 cm³/mol. The quantitative estimate of drug-likeness (QED) is 0.938. The van der Waals surface area contributed by atoms with Crippen molar-refractivity contribution in [3.8, 4) is 0 Å². The summed E-state index contributed by atoms with van der Waals surface area (Å²) in [6.45, 7) is 0.901. The lowest BCUT2D eigenvalue weighted by Gasteiger charge is -2.47. The maximum Gasteiger partial charge on any atom is 0.243 e. The molecule has 3 rings (SSSR count). The maximum absolute atomic E-state index is 4.48. The van der Waals surface area contributed by atoms with Gasteiger partial charge >= 0.3 is 0 Å². The molecule has 0 atom stereocenters. The molecular weight excluding hydrogens is 306 g/mol. The van der Waals surface area contributed by atoms with E-state index in [9.17, 15) is 0 Å². The van der Waals surface area contributed by atoms with Gasteiger partial charge in [-0.25, -0.2) is 4.52 Å². The van der Waals surface area contributed by atoms with Crippen molar-refractivity contribution < 1.29 is 0 Å². The van der Waals surface area contributed by atoms with Gasteiger partial charge in [-0.15, -0.1) is 5.10 Å². The molecule has 2 heterocycles. The van der Waals surface area contributed by atoms with Crippen molar-refractivity contribution in [2.24, 2.45) is 0 Å². The van der Waals surface area contributed by atoms with Gasteiger partial charge in [-0.3, -0.25) is 0 Å². The summed E-state index contributed by atoms with van der Waals surface area (Å²) in [4.78, 5) is 6.79. The number of aromatic nitrogens is 3. The molecule has 2 aromatic rings. The smallest absolute Gasteiger partial charge is 0.243 e. The lowest BCUT2D eigenvalue weighted by atomic mass is 9.75. The number of hydrogen-bond acceptors (Lipinski definition) is 4. The Morgan fingerprint density at radius 1 is 1.42 bits per heavy atom. The van der Waals surface area contributed by atoms with Crippen LogP contribution in [0.25, 0.3) is 5.65 Å².